The van der Waals surface area contributed by atoms with E-state index in [0.29, 0.717) is 5.82 Å². The fourth-order valence-corrected chi connectivity index (χ4v) is 6.30. The summed E-state index contributed by atoms with van der Waals surface area (Å²) in [6.45, 7) is 11.7. The number of fused-ring (bicyclic) bond motifs is 1. The minimum absolute atomic E-state index is 0.0299. The van der Waals surface area contributed by atoms with Gasteiger partial charge in [-0.15, -0.1) is 0 Å². The fourth-order valence-electron chi connectivity index (χ4n) is 5.07. The van der Waals surface area contributed by atoms with Crippen LogP contribution in [0.4, 0.5) is 15.9 Å². The van der Waals surface area contributed by atoms with Crippen LogP contribution in [-0.4, -0.2) is 28.0 Å². The number of sulfonamides is 1. The topological polar surface area (TPSA) is 111 Å². The van der Waals surface area contributed by atoms with Crippen molar-refractivity contribution in [3.05, 3.63) is 70.0 Å². The van der Waals surface area contributed by atoms with Gasteiger partial charge in [-0.05, 0) is 64.7 Å². The molecule has 2 atom stereocenters. The monoisotopic (exact) mass is 526 g/mol. The van der Waals surface area contributed by atoms with E-state index in [4.69, 9.17) is 5.10 Å². The van der Waals surface area contributed by atoms with Gasteiger partial charge in [-0.2, -0.15) is 10.2 Å². The van der Waals surface area contributed by atoms with Gasteiger partial charge in [0.15, 0.2) is 5.82 Å². The average Bonchev–Trinajstić information content (AvgIpc) is 3.53. The molecule has 9 nitrogen and oxygen atoms in total. The molecular formula is C26H31FN6O3S. The van der Waals surface area contributed by atoms with Gasteiger partial charge in [0.2, 0.25) is 10.0 Å². The third kappa shape index (κ3) is 4.61. The molecule has 2 aliphatic rings. The molecule has 0 unspecified atom stereocenters. The van der Waals surface area contributed by atoms with Gasteiger partial charge < -0.3 is 5.32 Å². The van der Waals surface area contributed by atoms with Crippen LogP contribution in [0, 0.1) is 5.82 Å². The Morgan fingerprint density at radius 1 is 1.24 bits per heavy atom. The van der Waals surface area contributed by atoms with Gasteiger partial charge >= 0.3 is 0 Å². The predicted octanol–water partition coefficient (Wildman–Crippen LogP) is 4.41. The van der Waals surface area contributed by atoms with Crippen molar-refractivity contribution in [3.63, 3.8) is 0 Å². The number of hydrogen-bond acceptors (Lipinski definition) is 6. The molecule has 0 spiro atoms. The lowest BCUT2D eigenvalue weighted by atomic mass is 10.0. The van der Waals surface area contributed by atoms with Crippen LogP contribution in [0.2, 0.25) is 0 Å². The lowest BCUT2D eigenvalue weighted by molar-refractivity contribution is 0.356. The molecular weight excluding hydrogens is 495 g/mol. The number of hydrogen-bond donors (Lipinski definition) is 2. The Morgan fingerprint density at radius 2 is 2.00 bits per heavy atom. The molecule has 1 fully saturated rings. The number of allylic oxidation sites excluding steroid dienone is 1. The van der Waals surface area contributed by atoms with Gasteiger partial charge in [0.05, 0.1) is 34.1 Å². The maximum Gasteiger partial charge on any atom is 0.267 e. The molecule has 0 amide bonds. The molecule has 1 saturated carbocycles. The molecule has 0 radical (unpaired) electrons. The summed E-state index contributed by atoms with van der Waals surface area (Å²) in [5.74, 6) is 0.126. The van der Waals surface area contributed by atoms with Crippen LogP contribution < -0.4 is 15.6 Å². The van der Waals surface area contributed by atoms with Crippen LogP contribution in [0.5, 0.6) is 0 Å². The fraction of sp³-hybridized carbons (Fsp3) is 0.423. The summed E-state index contributed by atoms with van der Waals surface area (Å²) in [5, 5.41) is 12.4. The van der Waals surface area contributed by atoms with Crippen molar-refractivity contribution in [1.82, 2.24) is 24.3 Å². The third-order valence-corrected chi connectivity index (χ3v) is 8.53. The number of benzene rings is 1. The zero-order valence-electron chi connectivity index (χ0n) is 21.4. The van der Waals surface area contributed by atoms with E-state index < -0.39 is 21.4 Å². The first-order chi connectivity index (χ1) is 17.3. The average molecular weight is 527 g/mol. The number of halogens is 1. The Kier molecular flexibility index (Phi) is 6.11. The molecule has 2 aromatic heterocycles. The molecule has 1 aliphatic carbocycles. The van der Waals surface area contributed by atoms with Gasteiger partial charge in [-0.25, -0.2) is 26.9 Å². The van der Waals surface area contributed by atoms with Gasteiger partial charge in [0.1, 0.15) is 5.82 Å². The molecule has 5 rings (SSSR count). The normalized spacial score (nSPS) is 20.7. The maximum absolute atomic E-state index is 15.3. The summed E-state index contributed by atoms with van der Waals surface area (Å²) in [6, 6.07) is 6.32. The highest BCUT2D eigenvalue weighted by molar-refractivity contribution is 7.89. The van der Waals surface area contributed by atoms with Crippen molar-refractivity contribution in [2.75, 3.05) is 5.32 Å². The van der Waals surface area contributed by atoms with Crippen molar-refractivity contribution in [2.45, 2.75) is 75.9 Å². The minimum atomic E-state index is -3.66. The van der Waals surface area contributed by atoms with Crippen LogP contribution in [-0.2, 0) is 22.1 Å². The van der Waals surface area contributed by atoms with Gasteiger partial charge in [-0.1, -0.05) is 6.58 Å². The predicted molar refractivity (Wildman–Crippen MR) is 140 cm³/mol. The molecule has 0 saturated heterocycles. The van der Waals surface area contributed by atoms with Crippen LogP contribution >= 0.6 is 0 Å². The largest absolute Gasteiger partial charge is 0.338 e. The molecule has 1 aromatic carbocycles. The van der Waals surface area contributed by atoms with Gasteiger partial charge in [0.25, 0.3) is 5.56 Å². The van der Waals surface area contributed by atoms with Crippen LogP contribution in [0.1, 0.15) is 75.7 Å². The lowest BCUT2D eigenvalue weighted by Gasteiger charge is -2.23. The van der Waals surface area contributed by atoms with Gasteiger partial charge in [0, 0.05) is 35.7 Å². The molecule has 0 bridgehead atoms. The van der Waals surface area contributed by atoms with Crippen molar-refractivity contribution >= 4 is 27.1 Å². The Bertz CT molecular complexity index is 1570. The highest BCUT2D eigenvalue weighted by Gasteiger charge is 2.33. The zero-order valence-corrected chi connectivity index (χ0v) is 22.2. The van der Waals surface area contributed by atoms with Crippen LogP contribution in [0.3, 0.4) is 0 Å². The first kappa shape index (κ1) is 25.3. The summed E-state index contributed by atoms with van der Waals surface area (Å²) in [7, 11) is -3.66. The minimum Gasteiger partial charge on any atom is -0.338 e. The second kappa shape index (κ2) is 8.91. The van der Waals surface area contributed by atoms with Crippen molar-refractivity contribution in [2.24, 2.45) is 0 Å². The molecule has 11 heteroatoms. The molecule has 3 heterocycles. The zero-order chi connectivity index (χ0) is 26.7. The van der Waals surface area contributed by atoms with E-state index in [9.17, 15) is 13.2 Å². The second-order valence-corrected chi connectivity index (χ2v) is 12.6. The highest BCUT2D eigenvalue weighted by atomic mass is 32.2. The molecule has 196 valence electrons. The SMILES string of the molecule is C=C(C)c1cnn([C@H]2CC[C@@H](c3cc(Nc4ccc5c(c4F)CNS5(=O)=O)n(C(C)(C)C)n3)C2)c(=O)c1. The first-order valence-corrected chi connectivity index (χ1v) is 13.8. The lowest BCUT2D eigenvalue weighted by Crippen LogP contribution is -2.26. The van der Waals surface area contributed by atoms with E-state index in [1.54, 1.807) is 16.9 Å². The number of nitrogens with zero attached hydrogens (tertiary/aromatic N) is 4. The summed E-state index contributed by atoms with van der Waals surface area (Å²) in [5.41, 5.74) is 2.17. The molecule has 1 aliphatic heterocycles. The number of nitrogens with one attached hydrogen (secondary N) is 2. The summed E-state index contributed by atoms with van der Waals surface area (Å²) < 4.78 is 45.1. The van der Waals surface area contributed by atoms with E-state index in [1.165, 1.54) is 12.1 Å². The molecule has 37 heavy (non-hydrogen) atoms. The highest BCUT2D eigenvalue weighted by Crippen LogP contribution is 2.41. The summed E-state index contributed by atoms with van der Waals surface area (Å²) >= 11 is 0. The van der Waals surface area contributed by atoms with Crippen LogP contribution in [0.25, 0.3) is 5.57 Å². The van der Waals surface area contributed by atoms with Crippen molar-refractivity contribution in [3.8, 4) is 0 Å². The smallest absolute Gasteiger partial charge is 0.267 e. The Labute approximate surface area is 215 Å². The number of aromatic nitrogens is 4. The molecule has 2 N–H and O–H groups in total. The maximum atomic E-state index is 15.3. The van der Waals surface area contributed by atoms with E-state index in [-0.39, 0.29) is 40.2 Å². The van der Waals surface area contributed by atoms with Crippen LogP contribution in [0.15, 0.2) is 46.7 Å². The van der Waals surface area contributed by atoms with Crippen molar-refractivity contribution < 1.29 is 12.8 Å². The first-order valence-electron chi connectivity index (χ1n) is 12.3. The Hall–Kier alpha value is -3.31. The number of rotatable bonds is 5. The third-order valence-electron chi connectivity index (χ3n) is 7.04. The van der Waals surface area contributed by atoms with E-state index in [0.717, 1.165) is 36.1 Å². The van der Waals surface area contributed by atoms with Crippen molar-refractivity contribution in [1.29, 1.82) is 0 Å². The Balaban J connectivity index is 1.43. The number of anilines is 2. The van der Waals surface area contributed by atoms with E-state index >= 15 is 4.39 Å². The Morgan fingerprint density at radius 3 is 2.68 bits per heavy atom. The quantitative estimate of drug-likeness (QED) is 0.510. The second-order valence-electron chi connectivity index (χ2n) is 10.9. The molecule has 3 aromatic rings. The standard InChI is InChI=1S/C26H31FN6O3S/c1-15(2)17-11-24(34)32(28-13-17)18-7-6-16(10-18)21-12-23(33(31-21)26(3,4)5)30-20-8-9-22-19(25(20)27)14-29-37(22,35)36/h8-9,11-13,16,18,29-30H,1,6-7,10,14H2,2-5H3/t16-,18+/m1/s1. The van der Waals surface area contributed by atoms with E-state index in [1.807, 2.05) is 38.4 Å². The van der Waals surface area contributed by atoms with E-state index in [2.05, 4.69) is 21.7 Å². The van der Waals surface area contributed by atoms with Gasteiger partial charge in [-0.3, -0.25) is 4.79 Å². The summed E-state index contributed by atoms with van der Waals surface area (Å²) in [6.07, 6.45) is 4.05. The summed E-state index contributed by atoms with van der Waals surface area (Å²) in [4.78, 5) is 12.6.